The largest absolute Gasteiger partial charge is 0.381 e. The van der Waals surface area contributed by atoms with Crippen molar-refractivity contribution in [1.29, 1.82) is 0 Å². The van der Waals surface area contributed by atoms with Crippen LogP contribution in [0, 0.1) is 11.8 Å². The zero-order valence-corrected chi connectivity index (χ0v) is 16.1. The molecule has 2 heterocycles. The van der Waals surface area contributed by atoms with E-state index < -0.39 is 0 Å². The highest BCUT2D eigenvalue weighted by atomic mass is 16.5. The van der Waals surface area contributed by atoms with Gasteiger partial charge in [-0.05, 0) is 63.5 Å². The number of hydrogen-bond donors (Lipinski definition) is 1. The van der Waals surface area contributed by atoms with E-state index in [2.05, 4.69) is 34.1 Å². The molecule has 0 aromatic rings. The van der Waals surface area contributed by atoms with E-state index in [0.717, 1.165) is 44.1 Å². The molecule has 140 valence electrons. The molecule has 0 amide bonds. The van der Waals surface area contributed by atoms with Gasteiger partial charge in [-0.2, -0.15) is 0 Å². The van der Waals surface area contributed by atoms with Gasteiger partial charge in [0.25, 0.3) is 0 Å². The second-order valence-corrected chi connectivity index (χ2v) is 7.64. The highest BCUT2D eigenvalue weighted by Crippen LogP contribution is 2.18. The van der Waals surface area contributed by atoms with Gasteiger partial charge in [-0.15, -0.1) is 0 Å². The van der Waals surface area contributed by atoms with Gasteiger partial charge in [-0.1, -0.05) is 6.92 Å². The zero-order valence-electron chi connectivity index (χ0n) is 16.1. The lowest BCUT2D eigenvalue weighted by Gasteiger charge is -2.31. The first-order valence-corrected chi connectivity index (χ1v) is 9.91. The summed E-state index contributed by atoms with van der Waals surface area (Å²) in [5, 5.41) is 3.53. The maximum absolute atomic E-state index is 5.44. The summed E-state index contributed by atoms with van der Waals surface area (Å²) in [6, 6.07) is 0. The molecule has 0 spiro atoms. The fourth-order valence-corrected chi connectivity index (χ4v) is 3.89. The van der Waals surface area contributed by atoms with Crippen LogP contribution in [0.1, 0.15) is 45.4 Å². The van der Waals surface area contributed by atoms with Crippen LogP contribution >= 0.6 is 0 Å². The van der Waals surface area contributed by atoms with E-state index in [1.807, 2.05) is 7.05 Å². The number of hydrogen-bond acceptors (Lipinski definition) is 3. The van der Waals surface area contributed by atoms with Gasteiger partial charge in [-0.3, -0.25) is 4.99 Å². The molecule has 0 saturated carbocycles. The quantitative estimate of drug-likeness (QED) is 0.440. The van der Waals surface area contributed by atoms with E-state index in [9.17, 15) is 0 Å². The van der Waals surface area contributed by atoms with Crippen LogP contribution in [0.2, 0.25) is 0 Å². The minimum absolute atomic E-state index is 0.820. The third kappa shape index (κ3) is 6.98. The van der Waals surface area contributed by atoms with Crippen molar-refractivity contribution in [2.75, 3.05) is 60.0 Å². The van der Waals surface area contributed by atoms with E-state index in [0.29, 0.717) is 0 Å². The van der Waals surface area contributed by atoms with E-state index in [1.54, 1.807) is 0 Å². The fraction of sp³-hybridized carbons (Fsp3) is 0.947. The van der Waals surface area contributed by atoms with Crippen molar-refractivity contribution in [1.82, 2.24) is 15.1 Å². The number of ether oxygens (including phenoxy) is 1. The highest BCUT2D eigenvalue weighted by Gasteiger charge is 2.16. The van der Waals surface area contributed by atoms with Gasteiger partial charge in [0.1, 0.15) is 0 Å². The smallest absolute Gasteiger partial charge is 0.193 e. The summed E-state index contributed by atoms with van der Waals surface area (Å²) in [4.78, 5) is 9.34. The molecule has 1 atom stereocenters. The van der Waals surface area contributed by atoms with Crippen LogP contribution in [0.3, 0.4) is 0 Å². The van der Waals surface area contributed by atoms with Crippen molar-refractivity contribution >= 4 is 5.96 Å². The van der Waals surface area contributed by atoms with Crippen LogP contribution in [0.15, 0.2) is 4.99 Å². The van der Waals surface area contributed by atoms with Gasteiger partial charge in [-0.25, -0.2) is 0 Å². The highest BCUT2D eigenvalue weighted by molar-refractivity contribution is 5.79. The lowest BCUT2D eigenvalue weighted by molar-refractivity contribution is 0.0625. The Bertz CT molecular complexity index is 368. The van der Waals surface area contributed by atoms with Crippen molar-refractivity contribution in [2.45, 2.75) is 45.4 Å². The molecule has 2 aliphatic heterocycles. The Morgan fingerprint density at radius 1 is 1.29 bits per heavy atom. The predicted molar refractivity (Wildman–Crippen MR) is 102 cm³/mol. The Morgan fingerprint density at radius 3 is 2.79 bits per heavy atom. The van der Waals surface area contributed by atoms with Crippen molar-refractivity contribution < 1.29 is 4.74 Å². The number of guanidine groups is 1. The van der Waals surface area contributed by atoms with Crippen LogP contribution in [0.4, 0.5) is 0 Å². The Kier molecular flexibility index (Phi) is 8.89. The van der Waals surface area contributed by atoms with Crippen molar-refractivity contribution in [3.05, 3.63) is 0 Å². The third-order valence-electron chi connectivity index (χ3n) is 5.46. The number of piperidine rings is 1. The average Bonchev–Trinajstić information content (AvgIpc) is 2.61. The molecular weight excluding hydrogens is 300 g/mol. The SMILES string of the molecule is CN=C(NCCCN1CCCC(C)C1)N(C)CCC1CCOCC1. The minimum atomic E-state index is 0.820. The standard InChI is InChI=1S/C19H38N4O/c1-17-6-4-11-23(16-17)12-5-10-21-19(20-2)22(3)13-7-18-8-14-24-15-9-18/h17-18H,4-16H2,1-3H3,(H,20,21). The normalized spacial score (nSPS) is 24.1. The molecular formula is C19H38N4O. The molecule has 24 heavy (non-hydrogen) atoms. The van der Waals surface area contributed by atoms with Crippen molar-refractivity contribution in [2.24, 2.45) is 16.8 Å². The average molecular weight is 339 g/mol. The number of nitrogens with zero attached hydrogens (tertiary/aromatic N) is 3. The van der Waals surface area contributed by atoms with Crippen LogP contribution in [0.5, 0.6) is 0 Å². The number of aliphatic imine (C=N–C) groups is 1. The number of likely N-dealkylation sites (tertiary alicyclic amines) is 1. The summed E-state index contributed by atoms with van der Waals surface area (Å²) in [6.45, 7) is 10.1. The van der Waals surface area contributed by atoms with Gasteiger partial charge < -0.3 is 19.9 Å². The maximum Gasteiger partial charge on any atom is 0.193 e. The Balaban J connectivity index is 1.58. The van der Waals surface area contributed by atoms with Gasteiger partial charge in [0, 0.05) is 46.9 Å². The monoisotopic (exact) mass is 338 g/mol. The number of nitrogens with one attached hydrogen (secondary N) is 1. The fourth-order valence-electron chi connectivity index (χ4n) is 3.89. The summed E-state index contributed by atoms with van der Waals surface area (Å²) >= 11 is 0. The van der Waals surface area contributed by atoms with Crippen molar-refractivity contribution in [3.63, 3.8) is 0 Å². The predicted octanol–water partition coefficient (Wildman–Crippen LogP) is 2.43. The second kappa shape index (κ2) is 10.9. The third-order valence-corrected chi connectivity index (χ3v) is 5.46. The summed E-state index contributed by atoms with van der Waals surface area (Å²) in [5.74, 6) is 2.73. The molecule has 2 aliphatic rings. The minimum Gasteiger partial charge on any atom is -0.381 e. The lowest BCUT2D eigenvalue weighted by atomic mass is 9.96. The molecule has 1 unspecified atom stereocenters. The Hall–Kier alpha value is -0.810. The summed E-state index contributed by atoms with van der Waals surface area (Å²) < 4.78 is 5.44. The second-order valence-electron chi connectivity index (χ2n) is 7.64. The van der Waals surface area contributed by atoms with Crippen LogP contribution in [-0.4, -0.2) is 75.8 Å². The molecule has 1 N–H and O–H groups in total. The van der Waals surface area contributed by atoms with E-state index in [-0.39, 0.29) is 0 Å². The maximum atomic E-state index is 5.44. The molecule has 2 saturated heterocycles. The van der Waals surface area contributed by atoms with Gasteiger partial charge in [0.05, 0.1) is 0 Å². The zero-order chi connectivity index (χ0) is 17.2. The van der Waals surface area contributed by atoms with Crippen LogP contribution < -0.4 is 5.32 Å². The lowest BCUT2D eigenvalue weighted by Crippen LogP contribution is -2.41. The van der Waals surface area contributed by atoms with Gasteiger partial charge in [0.15, 0.2) is 5.96 Å². The first-order chi connectivity index (χ1) is 11.7. The molecule has 0 aromatic heterocycles. The molecule has 0 bridgehead atoms. The number of rotatable bonds is 7. The van der Waals surface area contributed by atoms with Crippen LogP contribution in [0.25, 0.3) is 0 Å². The Morgan fingerprint density at radius 2 is 2.08 bits per heavy atom. The molecule has 2 rings (SSSR count). The van der Waals surface area contributed by atoms with E-state index >= 15 is 0 Å². The first kappa shape index (κ1) is 19.5. The molecule has 0 aromatic carbocycles. The molecule has 2 fully saturated rings. The molecule has 5 nitrogen and oxygen atoms in total. The molecule has 0 aliphatic carbocycles. The van der Waals surface area contributed by atoms with Crippen molar-refractivity contribution in [3.8, 4) is 0 Å². The first-order valence-electron chi connectivity index (χ1n) is 9.91. The molecule has 5 heteroatoms. The summed E-state index contributed by atoms with van der Waals surface area (Å²) in [5.41, 5.74) is 0. The molecule has 0 radical (unpaired) electrons. The van der Waals surface area contributed by atoms with E-state index in [4.69, 9.17) is 4.74 Å². The summed E-state index contributed by atoms with van der Waals surface area (Å²) in [6.07, 6.45) is 7.64. The summed E-state index contributed by atoms with van der Waals surface area (Å²) in [7, 11) is 4.04. The Labute approximate surface area is 148 Å². The van der Waals surface area contributed by atoms with Gasteiger partial charge >= 0.3 is 0 Å². The van der Waals surface area contributed by atoms with Gasteiger partial charge in [0.2, 0.25) is 0 Å². The topological polar surface area (TPSA) is 40.1 Å². The van der Waals surface area contributed by atoms with Crippen LogP contribution in [-0.2, 0) is 4.74 Å². The van der Waals surface area contributed by atoms with E-state index in [1.165, 1.54) is 58.2 Å².